The Bertz CT molecular complexity index is 356. The van der Waals surface area contributed by atoms with Gasteiger partial charge in [0, 0.05) is 12.3 Å². The van der Waals surface area contributed by atoms with Crippen molar-refractivity contribution >= 4 is 15.9 Å². The standard InChI is InChI=1S/C9H17NO5S/c1-16(14,15)6-9(13)4-2-7(3-5-9)10-8(11)12/h7,10,13H,2-6H2,1H3,(H,11,12)/t7-,9+. The molecule has 0 heterocycles. The Labute approximate surface area is 94.6 Å². The van der Waals surface area contributed by atoms with Crippen LogP contribution in [0.4, 0.5) is 4.79 Å². The van der Waals surface area contributed by atoms with Gasteiger partial charge in [0.05, 0.1) is 11.4 Å². The van der Waals surface area contributed by atoms with Crippen LogP contribution in [0.2, 0.25) is 0 Å². The molecule has 0 spiro atoms. The molecule has 0 atom stereocenters. The molecule has 0 unspecified atom stereocenters. The van der Waals surface area contributed by atoms with Gasteiger partial charge in [-0.15, -0.1) is 0 Å². The maximum absolute atomic E-state index is 11.1. The van der Waals surface area contributed by atoms with E-state index in [4.69, 9.17) is 5.11 Å². The fourth-order valence-corrected chi connectivity index (χ4v) is 3.37. The maximum Gasteiger partial charge on any atom is 0.404 e. The molecule has 0 saturated heterocycles. The van der Waals surface area contributed by atoms with E-state index in [0.717, 1.165) is 6.26 Å². The van der Waals surface area contributed by atoms with E-state index in [2.05, 4.69) is 5.32 Å². The molecule has 0 aromatic rings. The lowest BCUT2D eigenvalue weighted by molar-refractivity contribution is 0.0175. The van der Waals surface area contributed by atoms with Crippen LogP contribution in [0.15, 0.2) is 0 Å². The largest absolute Gasteiger partial charge is 0.465 e. The monoisotopic (exact) mass is 251 g/mol. The van der Waals surface area contributed by atoms with Gasteiger partial charge in [-0.25, -0.2) is 13.2 Å². The van der Waals surface area contributed by atoms with E-state index in [9.17, 15) is 18.3 Å². The molecule has 0 bridgehead atoms. The van der Waals surface area contributed by atoms with E-state index in [-0.39, 0.29) is 11.8 Å². The number of rotatable bonds is 3. The molecule has 3 N–H and O–H groups in total. The van der Waals surface area contributed by atoms with E-state index in [0.29, 0.717) is 25.7 Å². The average molecular weight is 251 g/mol. The smallest absolute Gasteiger partial charge is 0.404 e. The molecule has 16 heavy (non-hydrogen) atoms. The van der Waals surface area contributed by atoms with Crippen molar-refractivity contribution in [2.75, 3.05) is 12.0 Å². The minimum atomic E-state index is -3.21. The molecule has 1 saturated carbocycles. The number of amides is 1. The summed E-state index contributed by atoms with van der Waals surface area (Å²) in [6.45, 7) is 0. The van der Waals surface area contributed by atoms with E-state index in [1.807, 2.05) is 0 Å². The lowest BCUT2D eigenvalue weighted by atomic mass is 9.83. The first kappa shape index (κ1) is 13.2. The van der Waals surface area contributed by atoms with Gasteiger partial charge in [0.1, 0.15) is 9.84 Å². The van der Waals surface area contributed by atoms with Gasteiger partial charge in [-0.1, -0.05) is 0 Å². The predicted molar refractivity (Wildman–Crippen MR) is 58.1 cm³/mol. The highest BCUT2D eigenvalue weighted by Gasteiger charge is 2.36. The molecule has 1 rings (SSSR count). The van der Waals surface area contributed by atoms with Crippen molar-refractivity contribution < 1.29 is 23.4 Å². The van der Waals surface area contributed by atoms with Gasteiger partial charge in [0.15, 0.2) is 0 Å². The van der Waals surface area contributed by atoms with Crippen LogP contribution in [0, 0.1) is 0 Å². The van der Waals surface area contributed by atoms with Gasteiger partial charge >= 0.3 is 6.09 Å². The molecule has 0 aliphatic heterocycles. The summed E-state index contributed by atoms with van der Waals surface area (Å²) in [6.07, 6.45) is 1.57. The Balaban J connectivity index is 2.50. The Kier molecular flexibility index (Phi) is 3.80. The fraction of sp³-hybridized carbons (Fsp3) is 0.889. The number of hydrogen-bond donors (Lipinski definition) is 3. The number of nitrogens with one attached hydrogen (secondary N) is 1. The summed E-state index contributed by atoms with van der Waals surface area (Å²) in [5.41, 5.74) is -1.19. The van der Waals surface area contributed by atoms with E-state index < -0.39 is 21.5 Å². The Hall–Kier alpha value is -0.820. The number of carboxylic acid groups (broad SMARTS) is 1. The maximum atomic E-state index is 11.1. The van der Waals surface area contributed by atoms with Crippen LogP contribution in [0.25, 0.3) is 0 Å². The number of sulfone groups is 1. The third kappa shape index (κ3) is 4.36. The highest BCUT2D eigenvalue weighted by molar-refractivity contribution is 7.90. The van der Waals surface area contributed by atoms with Crippen molar-refractivity contribution in [1.82, 2.24) is 5.32 Å². The molecular weight excluding hydrogens is 234 g/mol. The van der Waals surface area contributed by atoms with E-state index in [1.54, 1.807) is 0 Å². The van der Waals surface area contributed by atoms with Gasteiger partial charge in [-0.3, -0.25) is 0 Å². The van der Waals surface area contributed by atoms with Crippen LogP contribution < -0.4 is 5.32 Å². The third-order valence-corrected chi connectivity index (χ3v) is 3.84. The quantitative estimate of drug-likeness (QED) is 0.653. The third-order valence-electron chi connectivity index (χ3n) is 2.77. The van der Waals surface area contributed by atoms with Crippen LogP contribution in [0.5, 0.6) is 0 Å². The van der Waals surface area contributed by atoms with Crippen molar-refractivity contribution in [3.63, 3.8) is 0 Å². The SMILES string of the molecule is CS(=O)(=O)C[C@]1(O)CC[C@@H](NC(=O)O)CC1. The predicted octanol–water partition coefficient (Wildman–Crippen LogP) is -0.0277. The molecule has 6 nitrogen and oxygen atoms in total. The Morgan fingerprint density at radius 2 is 1.94 bits per heavy atom. The first-order chi connectivity index (χ1) is 7.20. The molecule has 1 fully saturated rings. The molecule has 7 heteroatoms. The fourth-order valence-electron chi connectivity index (χ4n) is 2.11. The van der Waals surface area contributed by atoms with Gasteiger partial charge < -0.3 is 15.5 Å². The van der Waals surface area contributed by atoms with Crippen molar-refractivity contribution in [2.45, 2.75) is 37.3 Å². The first-order valence-electron chi connectivity index (χ1n) is 5.10. The highest BCUT2D eigenvalue weighted by atomic mass is 32.2. The van der Waals surface area contributed by atoms with Crippen LogP contribution in [0.1, 0.15) is 25.7 Å². The summed E-state index contributed by atoms with van der Waals surface area (Å²) in [5.74, 6) is -0.250. The normalized spacial score (nSPS) is 31.0. The lowest BCUT2D eigenvalue weighted by Crippen LogP contribution is -2.46. The van der Waals surface area contributed by atoms with Crippen molar-refractivity contribution in [2.24, 2.45) is 0 Å². The van der Waals surface area contributed by atoms with Crippen LogP contribution in [0.3, 0.4) is 0 Å². The first-order valence-corrected chi connectivity index (χ1v) is 7.16. The lowest BCUT2D eigenvalue weighted by Gasteiger charge is -2.35. The molecule has 0 radical (unpaired) electrons. The van der Waals surface area contributed by atoms with Crippen LogP contribution in [-0.2, 0) is 9.84 Å². The molecular formula is C9H17NO5S. The molecule has 94 valence electrons. The van der Waals surface area contributed by atoms with Gasteiger partial charge in [-0.05, 0) is 25.7 Å². The Morgan fingerprint density at radius 3 is 2.31 bits per heavy atom. The van der Waals surface area contributed by atoms with Crippen LogP contribution >= 0.6 is 0 Å². The molecule has 1 aliphatic rings. The average Bonchev–Trinajstić information content (AvgIpc) is 2.05. The summed E-state index contributed by atoms with van der Waals surface area (Å²) in [4.78, 5) is 10.4. The molecule has 0 aromatic heterocycles. The summed E-state index contributed by atoms with van der Waals surface area (Å²) in [7, 11) is -3.21. The van der Waals surface area contributed by atoms with Crippen molar-refractivity contribution in [1.29, 1.82) is 0 Å². The zero-order valence-corrected chi connectivity index (χ0v) is 9.96. The summed E-state index contributed by atoms with van der Waals surface area (Å²) >= 11 is 0. The molecule has 1 aliphatic carbocycles. The van der Waals surface area contributed by atoms with Gasteiger partial charge in [0.2, 0.25) is 0 Å². The van der Waals surface area contributed by atoms with Crippen molar-refractivity contribution in [3.05, 3.63) is 0 Å². The summed E-state index contributed by atoms with van der Waals surface area (Å²) in [5, 5.41) is 20.9. The topological polar surface area (TPSA) is 104 Å². The zero-order valence-electron chi connectivity index (χ0n) is 9.14. The van der Waals surface area contributed by atoms with Crippen molar-refractivity contribution in [3.8, 4) is 0 Å². The number of hydrogen-bond acceptors (Lipinski definition) is 4. The van der Waals surface area contributed by atoms with Gasteiger partial charge in [-0.2, -0.15) is 0 Å². The van der Waals surface area contributed by atoms with E-state index in [1.165, 1.54) is 0 Å². The molecule has 0 aromatic carbocycles. The second-order valence-corrected chi connectivity index (χ2v) is 6.66. The second kappa shape index (κ2) is 4.58. The zero-order chi connectivity index (χ0) is 12.4. The summed E-state index contributed by atoms with van der Waals surface area (Å²) in [6, 6.07) is -0.183. The minimum absolute atomic E-state index is 0.183. The number of aliphatic hydroxyl groups is 1. The van der Waals surface area contributed by atoms with Crippen LogP contribution in [-0.4, -0.2) is 48.4 Å². The van der Waals surface area contributed by atoms with Gasteiger partial charge in [0.25, 0.3) is 0 Å². The number of carbonyl (C=O) groups is 1. The van der Waals surface area contributed by atoms with E-state index >= 15 is 0 Å². The second-order valence-electron chi connectivity index (χ2n) is 4.52. The molecule has 1 amide bonds. The minimum Gasteiger partial charge on any atom is -0.465 e. The summed E-state index contributed by atoms with van der Waals surface area (Å²) < 4.78 is 22.2. The Morgan fingerprint density at radius 1 is 1.44 bits per heavy atom. The highest BCUT2D eigenvalue weighted by Crippen LogP contribution is 2.29.